The van der Waals surface area contributed by atoms with Crippen molar-refractivity contribution in [2.24, 2.45) is 4.99 Å². The number of fused-ring (bicyclic) bond motifs is 1. The SMILES string of the molecule is Cc1ccc2oc(-c3ccc(C(C)C)cc3)cc(=N[C@@H](C(=O)O)c3ccccc3)c2c1. The van der Waals surface area contributed by atoms with Gasteiger partial charge in [-0.05, 0) is 36.1 Å². The molecule has 4 nitrogen and oxygen atoms in total. The third kappa shape index (κ3) is 4.43. The van der Waals surface area contributed by atoms with Gasteiger partial charge in [0.2, 0.25) is 0 Å². The van der Waals surface area contributed by atoms with E-state index >= 15 is 0 Å². The maximum atomic E-state index is 12.0. The van der Waals surface area contributed by atoms with Crippen molar-refractivity contribution in [3.05, 3.63) is 101 Å². The summed E-state index contributed by atoms with van der Waals surface area (Å²) in [7, 11) is 0. The summed E-state index contributed by atoms with van der Waals surface area (Å²) in [6.07, 6.45) is 0. The molecule has 3 aromatic carbocycles. The predicted molar refractivity (Wildman–Crippen MR) is 123 cm³/mol. The van der Waals surface area contributed by atoms with E-state index in [0.29, 0.717) is 28.2 Å². The summed E-state index contributed by atoms with van der Waals surface area (Å²) in [5, 5.41) is 11.3. The van der Waals surface area contributed by atoms with Gasteiger partial charge >= 0.3 is 5.97 Å². The lowest BCUT2D eigenvalue weighted by atomic mass is 10.0. The first-order chi connectivity index (χ1) is 14.9. The number of carbonyl (C=O) groups is 1. The Hall–Kier alpha value is -3.66. The fourth-order valence-electron chi connectivity index (χ4n) is 3.61. The molecule has 1 aromatic heterocycles. The number of aryl methyl sites for hydroxylation is 1. The summed E-state index contributed by atoms with van der Waals surface area (Å²) in [6.45, 7) is 6.31. The van der Waals surface area contributed by atoms with Gasteiger partial charge in [-0.2, -0.15) is 0 Å². The largest absolute Gasteiger partial charge is 0.479 e. The molecule has 0 radical (unpaired) electrons. The molecule has 1 heterocycles. The molecule has 0 saturated carbocycles. The van der Waals surface area contributed by atoms with Crippen LogP contribution in [0, 0.1) is 6.92 Å². The zero-order valence-electron chi connectivity index (χ0n) is 17.9. The van der Waals surface area contributed by atoms with E-state index in [4.69, 9.17) is 4.42 Å². The Morgan fingerprint density at radius 3 is 2.26 bits per heavy atom. The fourth-order valence-corrected chi connectivity index (χ4v) is 3.61. The molecule has 0 saturated heterocycles. The van der Waals surface area contributed by atoms with Gasteiger partial charge in [0.1, 0.15) is 11.3 Å². The molecule has 1 atom stereocenters. The zero-order valence-corrected chi connectivity index (χ0v) is 17.9. The topological polar surface area (TPSA) is 62.8 Å². The van der Waals surface area contributed by atoms with Gasteiger partial charge in [-0.3, -0.25) is 4.99 Å². The number of hydrogen-bond acceptors (Lipinski definition) is 3. The lowest BCUT2D eigenvalue weighted by Gasteiger charge is -2.11. The van der Waals surface area contributed by atoms with E-state index in [-0.39, 0.29) is 0 Å². The van der Waals surface area contributed by atoms with Crippen LogP contribution >= 0.6 is 0 Å². The van der Waals surface area contributed by atoms with Gasteiger partial charge in [-0.15, -0.1) is 0 Å². The number of nitrogens with zero attached hydrogens (tertiary/aromatic N) is 1. The van der Waals surface area contributed by atoms with E-state index in [0.717, 1.165) is 16.5 Å². The third-order valence-electron chi connectivity index (χ3n) is 5.38. The van der Waals surface area contributed by atoms with E-state index in [2.05, 4.69) is 31.0 Å². The molecule has 0 unspecified atom stereocenters. The van der Waals surface area contributed by atoms with Crippen molar-refractivity contribution in [3.8, 4) is 11.3 Å². The van der Waals surface area contributed by atoms with Crippen molar-refractivity contribution in [2.45, 2.75) is 32.7 Å². The lowest BCUT2D eigenvalue weighted by molar-refractivity contribution is -0.138. The summed E-state index contributed by atoms with van der Waals surface area (Å²) in [4.78, 5) is 16.7. The Bertz CT molecular complexity index is 1290. The van der Waals surface area contributed by atoms with Crippen molar-refractivity contribution in [2.75, 3.05) is 0 Å². The molecule has 0 amide bonds. The second-order valence-electron chi connectivity index (χ2n) is 8.05. The Balaban J connectivity index is 1.93. The third-order valence-corrected chi connectivity index (χ3v) is 5.38. The molecule has 0 aliphatic rings. The average molecular weight is 412 g/mol. The van der Waals surface area contributed by atoms with E-state index in [9.17, 15) is 9.90 Å². The maximum Gasteiger partial charge on any atom is 0.333 e. The first kappa shape index (κ1) is 20.6. The highest BCUT2D eigenvalue weighted by atomic mass is 16.4. The minimum atomic E-state index is -0.997. The number of benzene rings is 3. The Kier molecular flexibility index (Phi) is 5.72. The molecule has 0 spiro atoms. The van der Waals surface area contributed by atoms with Gasteiger partial charge in [-0.25, -0.2) is 4.79 Å². The Morgan fingerprint density at radius 2 is 1.61 bits per heavy atom. The van der Waals surface area contributed by atoms with Crippen LogP contribution in [0.25, 0.3) is 22.3 Å². The summed E-state index contributed by atoms with van der Waals surface area (Å²) in [6, 6.07) is 24.0. The molecular weight excluding hydrogens is 386 g/mol. The molecule has 4 rings (SSSR count). The Labute approximate surface area is 181 Å². The molecule has 4 heteroatoms. The summed E-state index contributed by atoms with van der Waals surface area (Å²) in [5.74, 6) is 0.108. The normalized spacial score (nSPS) is 13.0. The van der Waals surface area contributed by atoms with Gasteiger partial charge in [0.15, 0.2) is 6.04 Å². The van der Waals surface area contributed by atoms with Crippen LogP contribution in [0.1, 0.15) is 42.5 Å². The monoisotopic (exact) mass is 411 g/mol. The van der Waals surface area contributed by atoms with Crippen molar-refractivity contribution in [3.63, 3.8) is 0 Å². The van der Waals surface area contributed by atoms with Crippen molar-refractivity contribution >= 4 is 16.9 Å². The van der Waals surface area contributed by atoms with E-state index in [1.54, 1.807) is 12.1 Å². The molecule has 4 aromatic rings. The van der Waals surface area contributed by atoms with Gasteiger partial charge < -0.3 is 9.52 Å². The molecule has 156 valence electrons. The number of carboxylic acids is 1. The first-order valence-corrected chi connectivity index (χ1v) is 10.4. The number of hydrogen-bond donors (Lipinski definition) is 1. The zero-order chi connectivity index (χ0) is 22.0. The molecule has 0 fully saturated rings. The molecule has 0 aliphatic heterocycles. The first-order valence-electron chi connectivity index (χ1n) is 10.4. The lowest BCUT2D eigenvalue weighted by Crippen LogP contribution is -2.15. The maximum absolute atomic E-state index is 12.0. The highest BCUT2D eigenvalue weighted by Crippen LogP contribution is 2.26. The molecule has 31 heavy (non-hydrogen) atoms. The minimum Gasteiger partial charge on any atom is -0.479 e. The van der Waals surface area contributed by atoms with E-state index < -0.39 is 12.0 Å². The highest BCUT2D eigenvalue weighted by molar-refractivity contribution is 5.80. The second kappa shape index (κ2) is 8.60. The average Bonchev–Trinajstić information content (AvgIpc) is 2.77. The van der Waals surface area contributed by atoms with Crippen LogP contribution in [0.15, 0.2) is 88.3 Å². The molecule has 0 bridgehead atoms. The van der Waals surface area contributed by atoms with Gasteiger partial charge in [-0.1, -0.05) is 80.1 Å². The summed E-state index contributed by atoms with van der Waals surface area (Å²) in [5.41, 5.74) is 4.54. The number of carboxylic acid groups (broad SMARTS) is 1. The van der Waals surface area contributed by atoms with Gasteiger partial charge in [0, 0.05) is 17.0 Å². The predicted octanol–water partition coefficient (Wildman–Crippen LogP) is 6.26. The van der Waals surface area contributed by atoms with Gasteiger partial charge in [0.05, 0.1) is 5.36 Å². The minimum absolute atomic E-state index is 0.443. The van der Waals surface area contributed by atoms with Crippen molar-refractivity contribution in [1.29, 1.82) is 0 Å². The van der Waals surface area contributed by atoms with E-state index in [1.807, 2.05) is 61.5 Å². The fraction of sp³-hybridized carbons (Fsp3) is 0.185. The van der Waals surface area contributed by atoms with Crippen molar-refractivity contribution in [1.82, 2.24) is 0 Å². The molecule has 1 N–H and O–H groups in total. The quantitative estimate of drug-likeness (QED) is 0.422. The van der Waals surface area contributed by atoms with Crippen LogP contribution in [0.5, 0.6) is 0 Å². The smallest absolute Gasteiger partial charge is 0.333 e. The van der Waals surface area contributed by atoms with Crippen LogP contribution in [0.2, 0.25) is 0 Å². The molecular formula is C27H25NO3. The van der Waals surface area contributed by atoms with Gasteiger partial charge in [0.25, 0.3) is 0 Å². The van der Waals surface area contributed by atoms with Crippen LogP contribution in [0.4, 0.5) is 0 Å². The summed E-state index contributed by atoms with van der Waals surface area (Å²) < 4.78 is 6.18. The van der Waals surface area contributed by atoms with Crippen LogP contribution < -0.4 is 5.36 Å². The highest BCUT2D eigenvalue weighted by Gasteiger charge is 2.19. The number of rotatable bonds is 5. The van der Waals surface area contributed by atoms with E-state index in [1.165, 1.54) is 5.56 Å². The van der Waals surface area contributed by atoms with Crippen molar-refractivity contribution < 1.29 is 14.3 Å². The number of aliphatic carboxylic acids is 1. The summed E-state index contributed by atoms with van der Waals surface area (Å²) >= 11 is 0. The van der Waals surface area contributed by atoms with Crippen LogP contribution in [0.3, 0.4) is 0 Å². The van der Waals surface area contributed by atoms with Crippen LogP contribution in [-0.4, -0.2) is 11.1 Å². The molecule has 0 aliphatic carbocycles. The van der Waals surface area contributed by atoms with Crippen LogP contribution in [-0.2, 0) is 4.79 Å². The second-order valence-corrected chi connectivity index (χ2v) is 8.05. The standard InChI is InChI=1S/C27H25NO3/c1-17(2)19-10-12-20(13-11-19)25-16-23(22-15-18(3)9-14-24(22)31-25)28-26(27(29)30)21-7-5-4-6-8-21/h4-17,26H,1-3H3,(H,29,30)/t26-/m1/s1. The Morgan fingerprint density at radius 1 is 0.903 bits per heavy atom.